The zero-order chi connectivity index (χ0) is 13.8. The second kappa shape index (κ2) is 5.69. The summed E-state index contributed by atoms with van der Waals surface area (Å²) in [5.74, 6) is -0.384. The number of hydrogen-bond donors (Lipinski definition) is 0. The molecule has 19 heavy (non-hydrogen) atoms. The van der Waals surface area contributed by atoms with Gasteiger partial charge in [-0.05, 0) is 26.3 Å². The van der Waals surface area contributed by atoms with Crippen LogP contribution in [0.15, 0.2) is 41.2 Å². The molecule has 0 spiro atoms. The maximum absolute atomic E-state index is 11.8. The minimum Gasteiger partial charge on any atom is -0.377 e. The lowest BCUT2D eigenvalue weighted by Gasteiger charge is -2.16. The van der Waals surface area contributed by atoms with Gasteiger partial charge in [-0.2, -0.15) is 0 Å². The van der Waals surface area contributed by atoms with E-state index in [1.54, 1.807) is 0 Å². The molecule has 4 heteroatoms. The lowest BCUT2D eigenvalue weighted by molar-refractivity contribution is -0.136. The molecule has 0 bridgehead atoms. The molecule has 0 saturated carbocycles. The largest absolute Gasteiger partial charge is 0.377 e. The molecule has 0 radical (unpaired) electrons. The van der Waals surface area contributed by atoms with Crippen LogP contribution in [0.2, 0.25) is 0 Å². The number of hydrogen-bond acceptors (Lipinski definition) is 4. The van der Waals surface area contributed by atoms with E-state index in [4.69, 9.17) is 4.84 Å². The molecular weight excluding hydrogens is 240 g/mol. The van der Waals surface area contributed by atoms with Crippen molar-refractivity contribution in [3.05, 3.63) is 47.2 Å². The van der Waals surface area contributed by atoms with E-state index in [0.717, 1.165) is 24.2 Å². The Balaban J connectivity index is 2.40. The van der Waals surface area contributed by atoms with Crippen molar-refractivity contribution in [3.8, 4) is 0 Å². The van der Waals surface area contributed by atoms with Gasteiger partial charge in [-0.25, -0.2) is 4.79 Å². The van der Waals surface area contributed by atoms with E-state index in [-0.39, 0.29) is 5.97 Å². The molecular formula is C15H18N2O2. The molecule has 1 aliphatic rings. The zero-order valence-electron chi connectivity index (χ0n) is 11.5. The molecule has 1 aromatic rings. The van der Waals surface area contributed by atoms with Crippen LogP contribution in [-0.4, -0.2) is 29.7 Å². The van der Waals surface area contributed by atoms with Crippen LogP contribution < -0.4 is 0 Å². The van der Waals surface area contributed by atoms with E-state index >= 15 is 0 Å². The van der Waals surface area contributed by atoms with Crippen molar-refractivity contribution in [1.29, 1.82) is 0 Å². The summed E-state index contributed by atoms with van der Waals surface area (Å²) in [5.41, 5.74) is 3.16. The average molecular weight is 258 g/mol. The summed E-state index contributed by atoms with van der Waals surface area (Å²) in [7, 11) is 0. The van der Waals surface area contributed by atoms with Crippen molar-refractivity contribution < 1.29 is 9.63 Å². The van der Waals surface area contributed by atoms with Crippen LogP contribution in [0.4, 0.5) is 0 Å². The molecule has 1 aliphatic heterocycles. The molecule has 1 heterocycles. The van der Waals surface area contributed by atoms with E-state index in [2.05, 4.69) is 10.1 Å². The number of aryl methyl sites for hydroxylation is 1. The smallest absolute Gasteiger partial charge is 0.369 e. The van der Waals surface area contributed by atoms with Gasteiger partial charge in [0.25, 0.3) is 0 Å². The molecule has 4 nitrogen and oxygen atoms in total. The third-order valence-corrected chi connectivity index (χ3v) is 3.22. The van der Waals surface area contributed by atoms with Crippen LogP contribution in [0.5, 0.6) is 0 Å². The summed E-state index contributed by atoms with van der Waals surface area (Å²) >= 11 is 0. The molecule has 0 aromatic heterocycles. The number of rotatable bonds is 4. The highest BCUT2D eigenvalue weighted by molar-refractivity contribution is 6.29. The maximum atomic E-state index is 11.8. The van der Waals surface area contributed by atoms with Gasteiger partial charge >= 0.3 is 5.97 Å². The Bertz CT molecular complexity index is 543. The van der Waals surface area contributed by atoms with E-state index in [9.17, 15) is 4.79 Å². The Hall–Kier alpha value is -2.10. The first kappa shape index (κ1) is 13.3. The molecule has 0 aliphatic carbocycles. The third-order valence-electron chi connectivity index (χ3n) is 3.22. The number of oxime groups is 1. The Labute approximate surface area is 113 Å². The fraction of sp³-hybridized carbons (Fsp3) is 0.333. The monoisotopic (exact) mass is 258 g/mol. The Kier molecular flexibility index (Phi) is 4.00. The van der Waals surface area contributed by atoms with Gasteiger partial charge in [0.2, 0.25) is 0 Å². The van der Waals surface area contributed by atoms with E-state index < -0.39 is 0 Å². The van der Waals surface area contributed by atoms with Crippen LogP contribution in [0, 0.1) is 6.92 Å². The van der Waals surface area contributed by atoms with Crippen LogP contribution >= 0.6 is 0 Å². The first-order valence-corrected chi connectivity index (χ1v) is 6.49. The average Bonchev–Trinajstić information content (AvgIpc) is 2.78. The minimum atomic E-state index is -0.384. The predicted octanol–water partition coefficient (Wildman–Crippen LogP) is 2.48. The summed E-state index contributed by atoms with van der Waals surface area (Å²) in [6, 6.07) is 7.84. The van der Waals surface area contributed by atoms with Gasteiger partial charge in [0, 0.05) is 24.9 Å². The van der Waals surface area contributed by atoms with Gasteiger partial charge in [-0.1, -0.05) is 29.4 Å². The minimum absolute atomic E-state index is 0.384. The number of nitrogens with zero attached hydrogens (tertiary/aromatic N) is 2. The van der Waals surface area contributed by atoms with Gasteiger partial charge in [0.05, 0.1) is 0 Å². The van der Waals surface area contributed by atoms with Crippen molar-refractivity contribution in [3.63, 3.8) is 0 Å². The summed E-state index contributed by atoms with van der Waals surface area (Å²) < 4.78 is 0. The predicted molar refractivity (Wildman–Crippen MR) is 74.8 cm³/mol. The first-order valence-electron chi connectivity index (χ1n) is 6.49. The Morgan fingerprint density at radius 2 is 1.95 bits per heavy atom. The SMILES string of the molecule is CCN(C=C1C(=O)ON=C1c1ccccc1C)CC. The topological polar surface area (TPSA) is 41.9 Å². The van der Waals surface area contributed by atoms with E-state index in [1.165, 1.54) is 0 Å². The summed E-state index contributed by atoms with van der Waals surface area (Å²) in [6.45, 7) is 7.77. The van der Waals surface area contributed by atoms with Gasteiger partial charge in [-0.15, -0.1) is 0 Å². The van der Waals surface area contributed by atoms with Gasteiger partial charge in [-0.3, -0.25) is 0 Å². The van der Waals surface area contributed by atoms with Crippen LogP contribution in [0.1, 0.15) is 25.0 Å². The number of carbonyl (C=O) groups excluding carboxylic acids is 1. The molecule has 0 unspecified atom stereocenters. The molecule has 0 fully saturated rings. The van der Waals surface area contributed by atoms with Crippen molar-refractivity contribution in [2.45, 2.75) is 20.8 Å². The molecule has 2 rings (SSSR count). The quantitative estimate of drug-likeness (QED) is 0.615. The second-order valence-corrected chi connectivity index (χ2v) is 4.40. The number of carbonyl (C=O) groups is 1. The summed E-state index contributed by atoms with van der Waals surface area (Å²) in [4.78, 5) is 18.7. The standard InChI is InChI=1S/C15H18N2O2/c1-4-17(5-2)10-13-14(16-19-15(13)18)12-9-7-6-8-11(12)3/h6-10H,4-5H2,1-3H3. The van der Waals surface area contributed by atoms with Crippen molar-refractivity contribution in [1.82, 2.24) is 4.90 Å². The van der Waals surface area contributed by atoms with Crippen LogP contribution in [0.25, 0.3) is 0 Å². The fourth-order valence-electron chi connectivity index (χ4n) is 2.02. The molecule has 0 N–H and O–H groups in total. The Morgan fingerprint density at radius 1 is 1.26 bits per heavy atom. The maximum Gasteiger partial charge on any atom is 0.369 e. The lowest BCUT2D eigenvalue weighted by atomic mass is 9.99. The second-order valence-electron chi connectivity index (χ2n) is 4.40. The highest BCUT2D eigenvalue weighted by atomic mass is 16.7. The third kappa shape index (κ3) is 2.67. The van der Waals surface area contributed by atoms with Crippen molar-refractivity contribution in [2.24, 2.45) is 5.16 Å². The molecule has 0 amide bonds. The van der Waals surface area contributed by atoms with Crippen molar-refractivity contribution >= 4 is 11.7 Å². The Morgan fingerprint density at radius 3 is 2.58 bits per heavy atom. The normalized spacial score (nSPS) is 16.5. The molecule has 100 valence electrons. The first-order chi connectivity index (χ1) is 9.17. The highest BCUT2D eigenvalue weighted by Crippen LogP contribution is 2.20. The highest BCUT2D eigenvalue weighted by Gasteiger charge is 2.28. The zero-order valence-corrected chi connectivity index (χ0v) is 11.5. The lowest BCUT2D eigenvalue weighted by Crippen LogP contribution is -2.20. The van der Waals surface area contributed by atoms with E-state index in [0.29, 0.717) is 11.3 Å². The molecule has 0 saturated heterocycles. The van der Waals surface area contributed by atoms with Gasteiger partial charge in [0.15, 0.2) is 0 Å². The van der Waals surface area contributed by atoms with E-state index in [1.807, 2.05) is 51.2 Å². The van der Waals surface area contributed by atoms with Crippen LogP contribution in [-0.2, 0) is 9.63 Å². The van der Waals surface area contributed by atoms with Gasteiger partial charge in [0.1, 0.15) is 11.3 Å². The molecule has 1 aromatic carbocycles. The van der Waals surface area contributed by atoms with Crippen molar-refractivity contribution in [2.75, 3.05) is 13.1 Å². The van der Waals surface area contributed by atoms with Gasteiger partial charge < -0.3 is 9.74 Å². The fourth-order valence-corrected chi connectivity index (χ4v) is 2.02. The number of benzene rings is 1. The summed E-state index contributed by atoms with van der Waals surface area (Å²) in [6.07, 6.45) is 1.83. The molecule has 0 atom stereocenters. The van der Waals surface area contributed by atoms with Crippen LogP contribution in [0.3, 0.4) is 0 Å². The summed E-state index contributed by atoms with van der Waals surface area (Å²) in [5, 5.41) is 3.92.